The molecule has 4 rings (SSSR count). The molecule has 0 unspecified atom stereocenters. The maximum atomic E-state index is 12.1. The zero-order valence-corrected chi connectivity index (χ0v) is 12.3. The van der Waals surface area contributed by atoms with Crippen LogP contribution in [-0.4, -0.2) is 15.8 Å². The van der Waals surface area contributed by atoms with Gasteiger partial charge < -0.3 is 9.88 Å². The average Bonchev–Trinajstić information content (AvgIpc) is 2.97. The molecule has 2 aromatic carbocycles. The Morgan fingerprint density at radius 3 is 2.68 bits per heavy atom. The first-order valence-electron chi connectivity index (χ1n) is 7.38. The Bertz CT molecular complexity index is 891. The van der Waals surface area contributed by atoms with Crippen molar-refractivity contribution in [3.8, 4) is 0 Å². The maximum Gasteiger partial charge on any atom is 0.224 e. The zero-order chi connectivity index (χ0) is 15.1. The quantitative estimate of drug-likeness (QED) is 0.719. The molecule has 0 spiro atoms. The topological polar surface area (TPSA) is 36.1 Å². The third-order valence-corrected chi connectivity index (χ3v) is 4.26. The summed E-state index contributed by atoms with van der Waals surface area (Å²) in [6, 6.07) is 16.4. The summed E-state index contributed by atoms with van der Waals surface area (Å²) < 4.78 is 0. The molecule has 1 amide bonds. The second kappa shape index (κ2) is 4.88. The summed E-state index contributed by atoms with van der Waals surface area (Å²) in [5.74, 6) is 0.0426. The fraction of sp³-hybridized carbons (Fsp3) is 0.105. The van der Waals surface area contributed by atoms with Crippen LogP contribution in [0.5, 0.6) is 0 Å². The largest absolute Gasteiger partial charge is 0.361 e. The minimum atomic E-state index is -0.0881. The number of aromatic nitrogens is 1. The van der Waals surface area contributed by atoms with E-state index in [-0.39, 0.29) is 11.9 Å². The van der Waals surface area contributed by atoms with Crippen molar-refractivity contribution < 1.29 is 4.79 Å². The number of hydrogen-bond donors (Lipinski definition) is 1. The first-order valence-corrected chi connectivity index (χ1v) is 7.38. The first-order chi connectivity index (χ1) is 10.8. The molecule has 0 fully saturated rings. The standard InChI is InChI=1S/C19H16N2O/c1-13(22)21-11-10-14-6-2-3-7-15(14)19(21)17-12-20-18-9-5-4-8-16(17)18/h2-12,19-20H,1H3/t19-/m1/s1. The van der Waals surface area contributed by atoms with Gasteiger partial charge in [-0.25, -0.2) is 0 Å². The molecule has 0 radical (unpaired) electrons. The Labute approximate surface area is 128 Å². The lowest BCUT2D eigenvalue weighted by Crippen LogP contribution is -2.31. The van der Waals surface area contributed by atoms with Crippen molar-refractivity contribution in [2.75, 3.05) is 0 Å². The van der Waals surface area contributed by atoms with Gasteiger partial charge in [0.25, 0.3) is 0 Å². The lowest BCUT2D eigenvalue weighted by atomic mass is 9.90. The predicted molar refractivity (Wildman–Crippen MR) is 88.1 cm³/mol. The van der Waals surface area contributed by atoms with Crippen molar-refractivity contribution in [3.05, 3.63) is 77.6 Å². The number of carbonyl (C=O) groups excluding carboxylic acids is 1. The van der Waals surface area contributed by atoms with Gasteiger partial charge >= 0.3 is 0 Å². The van der Waals surface area contributed by atoms with E-state index in [2.05, 4.69) is 29.2 Å². The number of benzene rings is 2. The van der Waals surface area contributed by atoms with Gasteiger partial charge in [0.1, 0.15) is 0 Å². The Kier molecular flexibility index (Phi) is 2.86. The molecule has 0 saturated carbocycles. The summed E-state index contributed by atoms with van der Waals surface area (Å²) in [5, 5.41) is 1.16. The second-order valence-electron chi connectivity index (χ2n) is 5.56. The number of nitrogens with one attached hydrogen (secondary N) is 1. The van der Waals surface area contributed by atoms with Crippen LogP contribution in [0.4, 0.5) is 0 Å². The van der Waals surface area contributed by atoms with Gasteiger partial charge in [0.15, 0.2) is 0 Å². The summed E-state index contributed by atoms with van der Waals surface area (Å²) in [6.07, 6.45) is 5.90. The molecule has 1 N–H and O–H groups in total. The summed E-state index contributed by atoms with van der Waals surface area (Å²) >= 11 is 0. The SMILES string of the molecule is CC(=O)N1C=Cc2ccccc2[C@@H]1c1c[nH]c2ccccc12. The van der Waals surface area contributed by atoms with E-state index in [1.54, 1.807) is 11.8 Å². The van der Waals surface area contributed by atoms with Crippen molar-refractivity contribution in [2.24, 2.45) is 0 Å². The molecule has 1 atom stereocenters. The highest BCUT2D eigenvalue weighted by atomic mass is 16.2. The summed E-state index contributed by atoms with van der Waals surface area (Å²) in [6.45, 7) is 1.61. The highest BCUT2D eigenvalue weighted by Gasteiger charge is 2.29. The fourth-order valence-electron chi connectivity index (χ4n) is 3.23. The normalized spacial score (nSPS) is 16.8. The summed E-state index contributed by atoms with van der Waals surface area (Å²) in [7, 11) is 0. The molecule has 0 saturated heterocycles. The van der Waals surface area contributed by atoms with Crippen LogP contribution in [0.1, 0.15) is 29.7 Å². The van der Waals surface area contributed by atoms with E-state index in [9.17, 15) is 4.79 Å². The average molecular weight is 288 g/mol. The second-order valence-corrected chi connectivity index (χ2v) is 5.56. The monoisotopic (exact) mass is 288 g/mol. The van der Waals surface area contributed by atoms with Crippen molar-refractivity contribution in [1.82, 2.24) is 9.88 Å². The van der Waals surface area contributed by atoms with Gasteiger partial charge in [-0.05, 0) is 23.3 Å². The first kappa shape index (κ1) is 12.9. The molecule has 1 aromatic heterocycles. The fourth-order valence-corrected chi connectivity index (χ4v) is 3.23. The highest BCUT2D eigenvalue weighted by Crippen LogP contribution is 2.38. The number of nitrogens with zero attached hydrogens (tertiary/aromatic N) is 1. The zero-order valence-electron chi connectivity index (χ0n) is 12.3. The number of rotatable bonds is 1. The van der Waals surface area contributed by atoms with E-state index in [1.807, 2.05) is 42.7 Å². The van der Waals surface area contributed by atoms with Crippen LogP contribution in [0.3, 0.4) is 0 Å². The lowest BCUT2D eigenvalue weighted by molar-refractivity contribution is -0.127. The van der Waals surface area contributed by atoms with Gasteiger partial charge in [-0.3, -0.25) is 4.79 Å². The molecule has 0 bridgehead atoms. The molecule has 1 aliphatic heterocycles. The smallest absolute Gasteiger partial charge is 0.224 e. The van der Waals surface area contributed by atoms with E-state index in [4.69, 9.17) is 0 Å². The van der Waals surface area contributed by atoms with E-state index in [1.165, 1.54) is 0 Å². The van der Waals surface area contributed by atoms with E-state index >= 15 is 0 Å². The van der Waals surface area contributed by atoms with Crippen molar-refractivity contribution >= 4 is 22.9 Å². The molecule has 3 heteroatoms. The molecule has 2 heterocycles. The minimum Gasteiger partial charge on any atom is -0.361 e. The van der Waals surface area contributed by atoms with E-state index in [0.717, 1.165) is 27.6 Å². The van der Waals surface area contributed by atoms with Crippen LogP contribution in [0.15, 0.2) is 60.9 Å². The molecular weight excluding hydrogens is 272 g/mol. The van der Waals surface area contributed by atoms with Crippen LogP contribution in [-0.2, 0) is 4.79 Å². The Morgan fingerprint density at radius 2 is 1.82 bits per heavy atom. The van der Waals surface area contributed by atoms with Gasteiger partial charge in [-0.2, -0.15) is 0 Å². The number of H-pyrrole nitrogens is 1. The van der Waals surface area contributed by atoms with Crippen molar-refractivity contribution in [2.45, 2.75) is 13.0 Å². The Hall–Kier alpha value is -2.81. The molecule has 22 heavy (non-hydrogen) atoms. The van der Waals surface area contributed by atoms with Crippen LogP contribution >= 0.6 is 0 Å². The molecule has 1 aliphatic rings. The highest BCUT2D eigenvalue weighted by molar-refractivity contribution is 5.86. The van der Waals surface area contributed by atoms with E-state index < -0.39 is 0 Å². The number of fused-ring (bicyclic) bond motifs is 2. The van der Waals surface area contributed by atoms with Crippen LogP contribution in [0.2, 0.25) is 0 Å². The lowest BCUT2D eigenvalue weighted by Gasteiger charge is -2.32. The molecule has 3 aromatic rings. The van der Waals surface area contributed by atoms with Gasteiger partial charge in [-0.15, -0.1) is 0 Å². The van der Waals surface area contributed by atoms with Gasteiger partial charge in [0.2, 0.25) is 5.91 Å². The number of para-hydroxylation sites is 1. The summed E-state index contributed by atoms with van der Waals surface area (Å²) in [4.78, 5) is 17.2. The molecule has 0 aliphatic carbocycles. The number of carbonyl (C=O) groups is 1. The number of hydrogen-bond acceptors (Lipinski definition) is 1. The molecule has 3 nitrogen and oxygen atoms in total. The molecular formula is C19H16N2O. The van der Waals surface area contributed by atoms with Gasteiger partial charge in [0, 0.05) is 35.8 Å². The van der Waals surface area contributed by atoms with Crippen molar-refractivity contribution in [1.29, 1.82) is 0 Å². The number of amides is 1. The minimum absolute atomic E-state index is 0.0426. The predicted octanol–water partition coefficient (Wildman–Crippen LogP) is 4.09. The van der Waals surface area contributed by atoms with Crippen LogP contribution in [0.25, 0.3) is 17.0 Å². The third-order valence-electron chi connectivity index (χ3n) is 4.26. The molecule has 108 valence electrons. The maximum absolute atomic E-state index is 12.1. The summed E-state index contributed by atoms with van der Waals surface area (Å²) in [5.41, 5.74) is 4.54. The van der Waals surface area contributed by atoms with Crippen LogP contribution < -0.4 is 0 Å². The third kappa shape index (κ3) is 1.86. The van der Waals surface area contributed by atoms with Gasteiger partial charge in [0.05, 0.1) is 6.04 Å². The number of aromatic amines is 1. The van der Waals surface area contributed by atoms with Crippen LogP contribution in [0, 0.1) is 0 Å². The Balaban J connectivity index is 1.97. The van der Waals surface area contributed by atoms with Crippen molar-refractivity contribution in [3.63, 3.8) is 0 Å². The Morgan fingerprint density at radius 1 is 1.05 bits per heavy atom. The van der Waals surface area contributed by atoms with E-state index in [0.29, 0.717) is 0 Å². The van der Waals surface area contributed by atoms with Gasteiger partial charge in [-0.1, -0.05) is 42.5 Å².